The van der Waals surface area contributed by atoms with Crippen LogP contribution in [0.3, 0.4) is 0 Å². The highest BCUT2D eigenvalue weighted by Gasteiger charge is 2.25. The van der Waals surface area contributed by atoms with Crippen LogP contribution in [0.25, 0.3) is 0 Å². The molecule has 1 aliphatic rings. The van der Waals surface area contributed by atoms with Gasteiger partial charge in [-0.25, -0.2) is 4.68 Å². The van der Waals surface area contributed by atoms with Crippen LogP contribution < -0.4 is 16.2 Å². The Labute approximate surface area is 134 Å². The van der Waals surface area contributed by atoms with Crippen LogP contribution in [0.2, 0.25) is 0 Å². The first kappa shape index (κ1) is 16.5. The standard InChI is InChI=1S/C15H25BrN4O/c1-3-4-8-20-15(21)14(16)13(9-18-20)19-7-5-6-12(10-19)11(2)17/h9,11-12H,3-8,10,17H2,1-2H3. The highest BCUT2D eigenvalue weighted by molar-refractivity contribution is 9.10. The number of nitrogens with zero attached hydrogens (tertiary/aromatic N) is 3. The minimum Gasteiger partial charge on any atom is -0.369 e. The van der Waals surface area contributed by atoms with Crippen LogP contribution in [0.1, 0.15) is 39.5 Å². The molecule has 2 heterocycles. The first-order chi connectivity index (χ1) is 10.0. The molecule has 2 rings (SSSR count). The summed E-state index contributed by atoms with van der Waals surface area (Å²) in [6.45, 7) is 6.70. The highest BCUT2D eigenvalue weighted by Crippen LogP contribution is 2.28. The number of hydrogen-bond acceptors (Lipinski definition) is 4. The van der Waals surface area contributed by atoms with Gasteiger partial charge in [-0.15, -0.1) is 0 Å². The van der Waals surface area contributed by atoms with E-state index in [2.05, 4.69) is 39.8 Å². The first-order valence-corrected chi connectivity index (χ1v) is 8.60. The second-order valence-electron chi connectivity index (χ2n) is 5.93. The predicted molar refractivity (Wildman–Crippen MR) is 89.7 cm³/mol. The number of nitrogens with two attached hydrogens (primary N) is 1. The van der Waals surface area contributed by atoms with Gasteiger partial charge in [-0.2, -0.15) is 5.10 Å². The van der Waals surface area contributed by atoms with Gasteiger partial charge >= 0.3 is 0 Å². The van der Waals surface area contributed by atoms with Gasteiger partial charge in [-0.3, -0.25) is 4.79 Å². The molecule has 1 saturated heterocycles. The van der Waals surface area contributed by atoms with E-state index in [1.807, 2.05) is 6.20 Å². The average molecular weight is 357 g/mol. The molecule has 0 spiro atoms. The molecule has 1 fully saturated rings. The van der Waals surface area contributed by atoms with Crippen LogP contribution in [-0.2, 0) is 6.54 Å². The van der Waals surface area contributed by atoms with Crippen molar-refractivity contribution in [3.8, 4) is 0 Å². The van der Waals surface area contributed by atoms with Crippen molar-refractivity contribution >= 4 is 21.6 Å². The van der Waals surface area contributed by atoms with Crippen molar-refractivity contribution in [3.63, 3.8) is 0 Å². The maximum atomic E-state index is 12.4. The Morgan fingerprint density at radius 1 is 1.57 bits per heavy atom. The smallest absolute Gasteiger partial charge is 0.283 e. The second kappa shape index (κ2) is 7.40. The molecule has 2 N–H and O–H groups in total. The van der Waals surface area contributed by atoms with Crippen molar-refractivity contribution in [2.75, 3.05) is 18.0 Å². The van der Waals surface area contributed by atoms with Gasteiger partial charge in [0.2, 0.25) is 0 Å². The van der Waals surface area contributed by atoms with Crippen molar-refractivity contribution < 1.29 is 0 Å². The van der Waals surface area contributed by atoms with E-state index in [0.717, 1.165) is 44.5 Å². The van der Waals surface area contributed by atoms with Gasteiger partial charge in [0, 0.05) is 25.7 Å². The minimum absolute atomic E-state index is 0.0381. The monoisotopic (exact) mass is 356 g/mol. The third-order valence-electron chi connectivity index (χ3n) is 4.23. The molecule has 0 aromatic carbocycles. The Hall–Kier alpha value is -0.880. The topological polar surface area (TPSA) is 64.2 Å². The maximum absolute atomic E-state index is 12.4. The van der Waals surface area contributed by atoms with Crippen molar-refractivity contribution in [3.05, 3.63) is 21.0 Å². The predicted octanol–water partition coefficient (Wildman–Crippen LogP) is 2.37. The number of piperidine rings is 1. The van der Waals surface area contributed by atoms with Gasteiger partial charge in [0.25, 0.3) is 5.56 Å². The molecular formula is C15H25BrN4O. The Kier molecular flexibility index (Phi) is 5.81. The molecule has 0 amide bonds. The SMILES string of the molecule is CCCCn1ncc(N2CCCC(C(C)N)C2)c(Br)c1=O. The van der Waals surface area contributed by atoms with Crippen LogP contribution in [0.15, 0.2) is 15.5 Å². The van der Waals surface area contributed by atoms with Crippen molar-refractivity contribution in [2.45, 2.75) is 52.1 Å². The van der Waals surface area contributed by atoms with E-state index in [9.17, 15) is 4.79 Å². The quantitative estimate of drug-likeness (QED) is 0.879. The average Bonchev–Trinajstić information content (AvgIpc) is 2.49. The Balaban J connectivity index is 2.20. The summed E-state index contributed by atoms with van der Waals surface area (Å²) in [6.07, 6.45) is 6.10. The summed E-state index contributed by atoms with van der Waals surface area (Å²) in [5, 5.41) is 4.32. The van der Waals surface area contributed by atoms with Crippen molar-refractivity contribution in [1.29, 1.82) is 0 Å². The molecule has 1 aliphatic heterocycles. The largest absolute Gasteiger partial charge is 0.369 e. The normalized spacial score (nSPS) is 20.6. The number of rotatable bonds is 5. The molecule has 0 saturated carbocycles. The Morgan fingerprint density at radius 2 is 2.33 bits per heavy atom. The lowest BCUT2D eigenvalue weighted by molar-refractivity contribution is 0.363. The molecule has 2 atom stereocenters. The maximum Gasteiger partial charge on any atom is 0.283 e. The van der Waals surface area contributed by atoms with Gasteiger partial charge in [0.15, 0.2) is 0 Å². The number of anilines is 1. The fourth-order valence-electron chi connectivity index (χ4n) is 2.80. The van der Waals surface area contributed by atoms with Crippen LogP contribution in [0.5, 0.6) is 0 Å². The van der Waals surface area contributed by atoms with E-state index in [0.29, 0.717) is 16.9 Å². The lowest BCUT2D eigenvalue weighted by Crippen LogP contribution is -2.43. The summed E-state index contributed by atoms with van der Waals surface area (Å²) >= 11 is 3.47. The van der Waals surface area contributed by atoms with E-state index >= 15 is 0 Å². The molecule has 6 heteroatoms. The van der Waals surface area contributed by atoms with Crippen LogP contribution in [0, 0.1) is 5.92 Å². The summed E-state index contributed by atoms with van der Waals surface area (Å²) in [7, 11) is 0. The number of aromatic nitrogens is 2. The number of unbranched alkanes of at least 4 members (excludes halogenated alkanes) is 1. The Bertz CT molecular complexity index is 529. The fraction of sp³-hybridized carbons (Fsp3) is 0.733. The second-order valence-corrected chi connectivity index (χ2v) is 6.73. The van der Waals surface area contributed by atoms with Crippen LogP contribution in [0.4, 0.5) is 5.69 Å². The number of halogens is 1. The van der Waals surface area contributed by atoms with E-state index in [1.165, 1.54) is 0 Å². The lowest BCUT2D eigenvalue weighted by atomic mass is 9.92. The summed E-state index contributed by atoms with van der Waals surface area (Å²) in [5.74, 6) is 0.480. The van der Waals surface area contributed by atoms with E-state index in [1.54, 1.807) is 4.68 Å². The molecule has 0 aliphatic carbocycles. The summed E-state index contributed by atoms with van der Waals surface area (Å²) in [4.78, 5) is 14.6. The third-order valence-corrected chi connectivity index (χ3v) is 4.98. The number of hydrogen-bond donors (Lipinski definition) is 1. The molecule has 0 radical (unpaired) electrons. The zero-order chi connectivity index (χ0) is 15.4. The van der Waals surface area contributed by atoms with Crippen LogP contribution in [-0.4, -0.2) is 28.9 Å². The van der Waals surface area contributed by atoms with Gasteiger partial charge in [0.05, 0.1) is 11.9 Å². The summed E-state index contributed by atoms with van der Waals surface area (Å²) < 4.78 is 2.17. The first-order valence-electron chi connectivity index (χ1n) is 7.80. The van der Waals surface area contributed by atoms with Crippen molar-refractivity contribution in [2.24, 2.45) is 11.7 Å². The molecule has 5 nitrogen and oxygen atoms in total. The summed E-state index contributed by atoms with van der Waals surface area (Å²) in [5.41, 5.74) is 6.90. The molecule has 2 unspecified atom stereocenters. The molecule has 1 aromatic rings. The molecular weight excluding hydrogens is 332 g/mol. The highest BCUT2D eigenvalue weighted by atomic mass is 79.9. The van der Waals surface area contributed by atoms with Crippen LogP contribution >= 0.6 is 15.9 Å². The summed E-state index contributed by atoms with van der Waals surface area (Å²) in [6, 6.07) is 0.185. The minimum atomic E-state index is -0.0381. The van der Waals surface area contributed by atoms with Crippen molar-refractivity contribution in [1.82, 2.24) is 9.78 Å². The van der Waals surface area contributed by atoms with E-state index < -0.39 is 0 Å². The Morgan fingerprint density at radius 3 is 3.00 bits per heavy atom. The van der Waals surface area contributed by atoms with Gasteiger partial charge in [-0.05, 0) is 48.0 Å². The lowest BCUT2D eigenvalue weighted by Gasteiger charge is -2.36. The zero-order valence-corrected chi connectivity index (χ0v) is 14.5. The van der Waals surface area contributed by atoms with Gasteiger partial charge in [-0.1, -0.05) is 13.3 Å². The molecule has 21 heavy (non-hydrogen) atoms. The molecule has 0 bridgehead atoms. The zero-order valence-electron chi connectivity index (χ0n) is 12.9. The fourth-order valence-corrected chi connectivity index (χ4v) is 3.36. The molecule has 1 aromatic heterocycles. The van der Waals surface area contributed by atoms with Gasteiger partial charge < -0.3 is 10.6 Å². The van der Waals surface area contributed by atoms with Gasteiger partial charge in [0.1, 0.15) is 4.47 Å². The van der Waals surface area contributed by atoms with E-state index in [4.69, 9.17) is 5.73 Å². The third kappa shape index (κ3) is 3.86. The number of aryl methyl sites for hydroxylation is 1. The molecule has 118 valence electrons. The van der Waals surface area contributed by atoms with E-state index in [-0.39, 0.29) is 11.6 Å².